The maximum absolute atomic E-state index is 8.13. The van der Waals surface area contributed by atoms with E-state index in [1.54, 1.807) is 0 Å². The molecule has 0 unspecified atom stereocenters. The lowest BCUT2D eigenvalue weighted by molar-refractivity contribution is 0.312. The van der Waals surface area contributed by atoms with E-state index in [0.717, 1.165) is 0 Å². The summed E-state index contributed by atoms with van der Waals surface area (Å²) in [6.07, 6.45) is 0. The van der Waals surface area contributed by atoms with E-state index in [1.807, 2.05) is 31.2 Å². The van der Waals surface area contributed by atoms with Gasteiger partial charge in [-0.3, -0.25) is 5.41 Å². The Hall–Kier alpha value is -1.80. The van der Waals surface area contributed by atoms with Gasteiger partial charge in [0.1, 0.15) is 0 Å². The van der Waals surface area contributed by atoms with Crippen molar-refractivity contribution in [1.29, 1.82) is 5.41 Å². The molecule has 0 bridgehead atoms. The average Bonchev–Trinajstić information content (AvgIpc) is 2.73. The highest BCUT2D eigenvalue weighted by Crippen LogP contribution is 2.44. The van der Waals surface area contributed by atoms with E-state index in [0.29, 0.717) is 12.5 Å². The molecule has 0 aromatic heterocycles. The summed E-state index contributed by atoms with van der Waals surface area (Å²) in [7, 11) is 0. The van der Waals surface area contributed by atoms with Gasteiger partial charge >= 0.3 is 0 Å². The van der Waals surface area contributed by atoms with E-state index in [4.69, 9.17) is 10.1 Å². The Morgan fingerprint density at radius 3 is 1.95 bits per heavy atom. The molecule has 0 spiro atoms. The zero-order valence-corrected chi connectivity index (χ0v) is 11.5. The van der Waals surface area contributed by atoms with Crippen LogP contribution in [0.15, 0.2) is 48.5 Å². The van der Waals surface area contributed by atoms with Crippen LogP contribution in [0.5, 0.6) is 0 Å². The first-order valence-corrected chi connectivity index (χ1v) is 6.22. The Labute approximate surface area is 119 Å². The van der Waals surface area contributed by atoms with E-state index in [1.165, 1.54) is 22.3 Å². The molecule has 0 aliphatic heterocycles. The summed E-state index contributed by atoms with van der Waals surface area (Å²) in [6.45, 7) is 2.46. The number of rotatable bonds is 2. The summed E-state index contributed by atoms with van der Waals surface area (Å²) in [4.78, 5) is 0. The van der Waals surface area contributed by atoms with Gasteiger partial charge in [0.05, 0.1) is 12.5 Å². The summed E-state index contributed by atoms with van der Waals surface area (Å²) in [5.74, 6) is 0.298. The number of hydrogen-bond donors (Lipinski definition) is 1. The molecule has 0 atom stereocenters. The minimum atomic E-state index is -0.0441. The first kappa shape index (κ1) is 13.6. The maximum Gasteiger partial charge on any atom is 0.192 e. The van der Waals surface area contributed by atoms with Gasteiger partial charge in [-0.25, -0.2) is 0 Å². The van der Waals surface area contributed by atoms with Crippen molar-refractivity contribution < 1.29 is 4.74 Å². The largest absolute Gasteiger partial charge is 0.481 e. The average molecular weight is 274 g/mol. The van der Waals surface area contributed by atoms with Crippen molar-refractivity contribution >= 4 is 18.3 Å². The van der Waals surface area contributed by atoms with Crippen LogP contribution in [0.3, 0.4) is 0 Å². The van der Waals surface area contributed by atoms with E-state index >= 15 is 0 Å². The first-order chi connectivity index (χ1) is 8.83. The quantitative estimate of drug-likeness (QED) is 0.644. The van der Waals surface area contributed by atoms with E-state index < -0.39 is 0 Å². The van der Waals surface area contributed by atoms with Gasteiger partial charge in [0, 0.05) is 0 Å². The van der Waals surface area contributed by atoms with Crippen molar-refractivity contribution in [3.63, 3.8) is 0 Å². The van der Waals surface area contributed by atoms with Gasteiger partial charge in [0.2, 0.25) is 0 Å². The molecule has 98 valence electrons. The van der Waals surface area contributed by atoms with Gasteiger partial charge in [-0.15, -0.1) is 12.4 Å². The Morgan fingerprint density at radius 1 is 1.00 bits per heavy atom. The topological polar surface area (TPSA) is 33.1 Å². The van der Waals surface area contributed by atoms with E-state index in [-0.39, 0.29) is 18.3 Å². The summed E-state index contributed by atoms with van der Waals surface area (Å²) in [5, 5.41) is 8.13. The molecule has 19 heavy (non-hydrogen) atoms. The molecule has 0 heterocycles. The molecule has 0 fully saturated rings. The molecule has 1 aliphatic rings. The standard InChI is InChI=1S/C16H15NO.ClH/c1-2-18-16(17)15-13-9-5-3-7-11(13)12-8-4-6-10-14(12)15;/h3-10,15,17H,2H2,1H3;1H. The molecule has 1 aliphatic carbocycles. The monoisotopic (exact) mass is 273 g/mol. The third-order valence-corrected chi connectivity index (χ3v) is 3.40. The lowest BCUT2D eigenvalue weighted by Crippen LogP contribution is -2.14. The number of fused-ring (bicyclic) bond motifs is 3. The van der Waals surface area contributed by atoms with Crippen LogP contribution in [0.25, 0.3) is 11.1 Å². The van der Waals surface area contributed by atoms with Crippen LogP contribution in [0.4, 0.5) is 0 Å². The van der Waals surface area contributed by atoms with Crippen LogP contribution in [-0.2, 0) is 4.74 Å². The molecule has 2 aromatic rings. The van der Waals surface area contributed by atoms with Crippen LogP contribution >= 0.6 is 12.4 Å². The van der Waals surface area contributed by atoms with Crippen molar-refractivity contribution in [3.05, 3.63) is 59.7 Å². The van der Waals surface area contributed by atoms with Gasteiger partial charge in [0.25, 0.3) is 0 Å². The second-order valence-electron chi connectivity index (χ2n) is 4.40. The highest BCUT2D eigenvalue weighted by atomic mass is 35.5. The van der Waals surface area contributed by atoms with Crippen LogP contribution in [0.1, 0.15) is 24.0 Å². The van der Waals surface area contributed by atoms with Crippen LogP contribution in [0, 0.1) is 5.41 Å². The number of halogens is 1. The second-order valence-corrected chi connectivity index (χ2v) is 4.40. The minimum Gasteiger partial charge on any atom is -0.481 e. The van der Waals surface area contributed by atoms with Gasteiger partial charge in [-0.05, 0) is 29.2 Å². The van der Waals surface area contributed by atoms with Crippen LogP contribution < -0.4 is 0 Å². The zero-order chi connectivity index (χ0) is 12.5. The SMILES string of the molecule is CCOC(=N)C1c2ccccc2-c2ccccc21.Cl. The van der Waals surface area contributed by atoms with Crippen LogP contribution in [-0.4, -0.2) is 12.5 Å². The van der Waals surface area contributed by atoms with Crippen LogP contribution in [0.2, 0.25) is 0 Å². The maximum atomic E-state index is 8.13. The predicted molar refractivity (Wildman–Crippen MR) is 80.3 cm³/mol. The molecule has 2 aromatic carbocycles. The molecule has 1 N–H and O–H groups in total. The zero-order valence-electron chi connectivity index (χ0n) is 10.7. The lowest BCUT2D eigenvalue weighted by atomic mass is 9.97. The van der Waals surface area contributed by atoms with Crippen molar-refractivity contribution in [3.8, 4) is 11.1 Å². The molecule has 3 heteroatoms. The van der Waals surface area contributed by atoms with Gasteiger partial charge in [0.15, 0.2) is 5.90 Å². The Bertz CT molecular complexity index is 564. The fraction of sp³-hybridized carbons (Fsp3) is 0.188. The Balaban J connectivity index is 0.00000133. The van der Waals surface area contributed by atoms with E-state index in [9.17, 15) is 0 Å². The third-order valence-electron chi connectivity index (χ3n) is 3.40. The molecule has 0 amide bonds. The smallest absolute Gasteiger partial charge is 0.192 e. The van der Waals surface area contributed by atoms with Crippen molar-refractivity contribution in [2.24, 2.45) is 0 Å². The third kappa shape index (κ3) is 2.13. The number of hydrogen-bond acceptors (Lipinski definition) is 2. The highest BCUT2D eigenvalue weighted by Gasteiger charge is 2.31. The summed E-state index contributed by atoms with van der Waals surface area (Å²) >= 11 is 0. The fourth-order valence-corrected chi connectivity index (χ4v) is 2.68. The summed E-state index contributed by atoms with van der Waals surface area (Å²) in [5.41, 5.74) is 4.81. The normalized spacial score (nSPS) is 12.3. The Morgan fingerprint density at radius 2 is 1.47 bits per heavy atom. The highest BCUT2D eigenvalue weighted by molar-refractivity contribution is 5.94. The van der Waals surface area contributed by atoms with Crippen molar-refractivity contribution in [2.45, 2.75) is 12.8 Å². The summed E-state index contributed by atoms with van der Waals surface area (Å²) in [6, 6.07) is 16.6. The summed E-state index contributed by atoms with van der Waals surface area (Å²) < 4.78 is 5.42. The molecule has 0 radical (unpaired) electrons. The molecule has 3 rings (SSSR count). The van der Waals surface area contributed by atoms with Gasteiger partial charge in [-0.2, -0.15) is 0 Å². The van der Waals surface area contributed by atoms with E-state index in [2.05, 4.69) is 24.3 Å². The van der Waals surface area contributed by atoms with Gasteiger partial charge < -0.3 is 4.74 Å². The molecule has 0 saturated carbocycles. The molecular formula is C16H16ClNO. The fourth-order valence-electron chi connectivity index (χ4n) is 2.68. The molecular weight excluding hydrogens is 258 g/mol. The van der Waals surface area contributed by atoms with Crippen molar-refractivity contribution in [2.75, 3.05) is 6.61 Å². The number of ether oxygens (including phenoxy) is 1. The number of nitrogens with one attached hydrogen (secondary N) is 1. The molecule has 0 saturated heterocycles. The first-order valence-electron chi connectivity index (χ1n) is 6.22. The predicted octanol–water partition coefficient (Wildman–Crippen LogP) is 4.23. The van der Waals surface area contributed by atoms with Crippen molar-refractivity contribution in [1.82, 2.24) is 0 Å². The molecule has 2 nitrogen and oxygen atoms in total. The Kier molecular flexibility index (Phi) is 3.91. The number of benzene rings is 2. The van der Waals surface area contributed by atoms with Gasteiger partial charge in [-0.1, -0.05) is 48.5 Å². The lowest BCUT2D eigenvalue weighted by Gasteiger charge is -2.14. The second kappa shape index (κ2) is 5.45. The minimum absolute atomic E-state index is 0.